The highest BCUT2D eigenvalue weighted by Crippen LogP contribution is 2.42. The number of hydrogen-bond acceptors (Lipinski definition) is 2. The van der Waals surface area contributed by atoms with Gasteiger partial charge >= 0.3 is 6.18 Å². The second kappa shape index (κ2) is 5.51. The lowest BCUT2D eigenvalue weighted by Crippen LogP contribution is -2.28. The number of likely N-dealkylation sites (tertiary alicyclic amines) is 1. The van der Waals surface area contributed by atoms with Gasteiger partial charge in [-0.3, -0.25) is 4.90 Å². The number of nitrogens with one attached hydrogen (secondary N) is 1. The van der Waals surface area contributed by atoms with E-state index < -0.39 is 11.7 Å². The third-order valence-electron chi connectivity index (χ3n) is 3.83. The Bertz CT molecular complexity index is 429. The van der Waals surface area contributed by atoms with Crippen LogP contribution < -0.4 is 5.32 Å². The number of rotatable bonds is 3. The van der Waals surface area contributed by atoms with Crippen LogP contribution in [0, 0.1) is 5.92 Å². The molecule has 1 saturated heterocycles. The minimum Gasteiger partial charge on any atom is -0.319 e. The van der Waals surface area contributed by atoms with Crippen molar-refractivity contribution in [3.05, 3.63) is 35.4 Å². The maximum Gasteiger partial charge on any atom is 0.416 e. The van der Waals surface area contributed by atoms with Gasteiger partial charge in [-0.25, -0.2) is 0 Å². The van der Waals surface area contributed by atoms with Crippen LogP contribution in [0.3, 0.4) is 0 Å². The van der Waals surface area contributed by atoms with Crippen molar-refractivity contribution in [1.29, 1.82) is 0 Å². The first-order chi connectivity index (χ1) is 8.95. The molecule has 0 radical (unpaired) electrons. The molecule has 1 N–H and O–H groups in total. The molecule has 0 amide bonds. The largest absolute Gasteiger partial charge is 0.416 e. The Kier molecular flexibility index (Phi) is 4.16. The summed E-state index contributed by atoms with van der Waals surface area (Å²) in [5.74, 6) is 0.221. The van der Waals surface area contributed by atoms with Crippen LogP contribution in [-0.2, 0) is 6.18 Å². The fourth-order valence-electron chi connectivity index (χ4n) is 3.01. The van der Waals surface area contributed by atoms with Gasteiger partial charge in [0.25, 0.3) is 0 Å². The Morgan fingerprint density at radius 3 is 2.63 bits per heavy atom. The highest BCUT2D eigenvalue weighted by molar-refractivity contribution is 5.33. The standard InChI is InChI=1S/C14H19F3N2/c1-18-9-10-7-8-19(2)13(10)11-5-3-4-6-12(11)14(15,16)17/h3-6,10,13,18H,7-9H2,1-2H3. The molecule has 0 aliphatic carbocycles. The monoisotopic (exact) mass is 272 g/mol. The maximum atomic E-state index is 13.1. The normalized spacial score (nSPS) is 24.9. The zero-order valence-electron chi connectivity index (χ0n) is 11.2. The number of nitrogens with zero attached hydrogens (tertiary/aromatic N) is 1. The van der Waals surface area contributed by atoms with Gasteiger partial charge in [0.05, 0.1) is 5.56 Å². The first-order valence-electron chi connectivity index (χ1n) is 6.46. The molecular formula is C14H19F3N2. The molecule has 19 heavy (non-hydrogen) atoms. The van der Waals surface area contributed by atoms with Gasteiger partial charge in [-0.1, -0.05) is 18.2 Å². The van der Waals surface area contributed by atoms with Crippen molar-refractivity contribution < 1.29 is 13.2 Å². The van der Waals surface area contributed by atoms with Gasteiger partial charge in [0, 0.05) is 6.04 Å². The van der Waals surface area contributed by atoms with Crippen LogP contribution in [0.15, 0.2) is 24.3 Å². The molecule has 0 aromatic heterocycles. The fraction of sp³-hybridized carbons (Fsp3) is 0.571. The van der Waals surface area contributed by atoms with Gasteiger partial charge in [0.15, 0.2) is 0 Å². The van der Waals surface area contributed by atoms with Gasteiger partial charge in [-0.2, -0.15) is 13.2 Å². The molecule has 0 bridgehead atoms. The van der Waals surface area contributed by atoms with Crippen LogP contribution in [0.1, 0.15) is 23.6 Å². The second-order valence-corrected chi connectivity index (χ2v) is 5.12. The minimum absolute atomic E-state index is 0.162. The average Bonchev–Trinajstić information content (AvgIpc) is 2.70. The molecule has 2 atom stereocenters. The summed E-state index contributed by atoms with van der Waals surface area (Å²) in [5, 5.41) is 3.08. The molecule has 1 aromatic rings. The number of hydrogen-bond donors (Lipinski definition) is 1. The Hall–Kier alpha value is -1.07. The van der Waals surface area contributed by atoms with E-state index in [1.165, 1.54) is 12.1 Å². The summed E-state index contributed by atoms with van der Waals surface area (Å²) in [6, 6.07) is 5.77. The maximum absolute atomic E-state index is 13.1. The van der Waals surface area contributed by atoms with Crippen LogP contribution in [0.2, 0.25) is 0 Å². The van der Waals surface area contributed by atoms with E-state index in [0.29, 0.717) is 5.56 Å². The molecule has 0 spiro atoms. The third kappa shape index (κ3) is 2.92. The minimum atomic E-state index is -4.29. The molecule has 5 heteroatoms. The van der Waals surface area contributed by atoms with Crippen LogP contribution in [0.25, 0.3) is 0 Å². The molecule has 1 heterocycles. The topological polar surface area (TPSA) is 15.3 Å². The third-order valence-corrected chi connectivity index (χ3v) is 3.83. The van der Waals surface area contributed by atoms with E-state index in [-0.39, 0.29) is 12.0 Å². The Balaban J connectivity index is 2.39. The SMILES string of the molecule is CNCC1CCN(C)C1c1ccccc1C(F)(F)F. The van der Waals surface area contributed by atoms with Crippen molar-refractivity contribution in [2.75, 3.05) is 27.2 Å². The lowest BCUT2D eigenvalue weighted by molar-refractivity contribution is -0.138. The molecule has 1 aliphatic rings. The van der Waals surface area contributed by atoms with Crippen LogP contribution in [-0.4, -0.2) is 32.1 Å². The summed E-state index contributed by atoms with van der Waals surface area (Å²) in [7, 11) is 3.73. The highest BCUT2D eigenvalue weighted by Gasteiger charge is 2.40. The molecule has 2 nitrogen and oxygen atoms in total. The zero-order chi connectivity index (χ0) is 14.0. The van der Waals surface area contributed by atoms with Crippen molar-refractivity contribution in [3.8, 4) is 0 Å². The predicted octanol–water partition coefficient (Wildman–Crippen LogP) is 2.92. The van der Waals surface area contributed by atoms with E-state index in [4.69, 9.17) is 0 Å². The zero-order valence-corrected chi connectivity index (χ0v) is 11.2. The average molecular weight is 272 g/mol. The summed E-state index contributed by atoms with van der Waals surface area (Å²) in [6.07, 6.45) is -3.36. The highest BCUT2D eigenvalue weighted by atomic mass is 19.4. The second-order valence-electron chi connectivity index (χ2n) is 5.12. The summed E-state index contributed by atoms with van der Waals surface area (Å²) in [5.41, 5.74) is -0.106. The number of benzene rings is 1. The Morgan fingerprint density at radius 2 is 2.00 bits per heavy atom. The first kappa shape index (κ1) is 14.3. The van der Waals surface area contributed by atoms with Crippen LogP contribution >= 0.6 is 0 Å². The van der Waals surface area contributed by atoms with Gasteiger partial charge in [0.1, 0.15) is 0 Å². The van der Waals surface area contributed by atoms with E-state index in [1.54, 1.807) is 12.1 Å². The summed E-state index contributed by atoms with van der Waals surface area (Å²) >= 11 is 0. The van der Waals surface area contributed by atoms with Gasteiger partial charge in [-0.05, 0) is 51.2 Å². The van der Waals surface area contributed by atoms with Crippen LogP contribution in [0.5, 0.6) is 0 Å². The van der Waals surface area contributed by atoms with E-state index in [0.717, 1.165) is 19.5 Å². The van der Waals surface area contributed by atoms with E-state index >= 15 is 0 Å². The molecule has 1 aromatic carbocycles. The summed E-state index contributed by atoms with van der Waals surface area (Å²) < 4.78 is 39.3. The van der Waals surface area contributed by atoms with Crippen molar-refractivity contribution in [1.82, 2.24) is 10.2 Å². The molecule has 0 saturated carbocycles. The van der Waals surface area contributed by atoms with Crippen molar-refractivity contribution in [2.45, 2.75) is 18.6 Å². The van der Waals surface area contributed by atoms with Gasteiger partial charge in [-0.15, -0.1) is 0 Å². The summed E-state index contributed by atoms with van der Waals surface area (Å²) in [6.45, 7) is 1.57. The van der Waals surface area contributed by atoms with Crippen LogP contribution in [0.4, 0.5) is 13.2 Å². The fourth-order valence-corrected chi connectivity index (χ4v) is 3.01. The van der Waals surface area contributed by atoms with Crippen molar-refractivity contribution in [3.63, 3.8) is 0 Å². The lowest BCUT2D eigenvalue weighted by atomic mass is 9.90. The molecule has 1 fully saturated rings. The van der Waals surface area contributed by atoms with Crippen molar-refractivity contribution >= 4 is 0 Å². The van der Waals surface area contributed by atoms with Crippen molar-refractivity contribution in [2.24, 2.45) is 5.92 Å². The Morgan fingerprint density at radius 1 is 1.32 bits per heavy atom. The smallest absolute Gasteiger partial charge is 0.319 e. The van der Waals surface area contributed by atoms with E-state index in [9.17, 15) is 13.2 Å². The first-order valence-corrected chi connectivity index (χ1v) is 6.46. The molecule has 1 aliphatic heterocycles. The molecule has 2 unspecified atom stereocenters. The summed E-state index contributed by atoms with van der Waals surface area (Å²) in [4.78, 5) is 2.02. The van der Waals surface area contributed by atoms with Gasteiger partial charge in [0.2, 0.25) is 0 Å². The molecule has 106 valence electrons. The lowest BCUT2D eigenvalue weighted by Gasteiger charge is -2.28. The quantitative estimate of drug-likeness (QED) is 0.910. The van der Waals surface area contributed by atoms with E-state index in [2.05, 4.69) is 5.32 Å². The Labute approximate surface area is 111 Å². The number of alkyl halides is 3. The van der Waals surface area contributed by atoms with Gasteiger partial charge < -0.3 is 5.32 Å². The number of halogens is 3. The molecule has 2 rings (SSSR count). The van der Waals surface area contributed by atoms with E-state index in [1.807, 2.05) is 19.0 Å². The predicted molar refractivity (Wildman–Crippen MR) is 68.8 cm³/mol. The molecular weight excluding hydrogens is 253 g/mol.